The molecule has 4 atom stereocenters. The summed E-state index contributed by atoms with van der Waals surface area (Å²) in [7, 11) is 1.48. The lowest BCUT2D eigenvalue weighted by atomic mass is 9.79. The number of aliphatic hydroxyl groups excluding tert-OH is 2. The molecule has 1 aromatic heterocycles. The summed E-state index contributed by atoms with van der Waals surface area (Å²) in [5.74, 6) is -1.95. The number of furan rings is 1. The van der Waals surface area contributed by atoms with Crippen LogP contribution in [0.1, 0.15) is 18.4 Å². The molecule has 1 saturated carbocycles. The van der Waals surface area contributed by atoms with E-state index >= 15 is 0 Å². The molecule has 4 unspecified atom stereocenters. The number of carboxylic acids is 1. The number of aliphatic carboxylic acids is 1. The summed E-state index contributed by atoms with van der Waals surface area (Å²) in [5.41, 5.74) is -1.17. The lowest BCUT2D eigenvalue weighted by Crippen LogP contribution is -2.57. The maximum absolute atomic E-state index is 12.1. The molecule has 1 aromatic carbocycles. The van der Waals surface area contributed by atoms with Crippen LogP contribution in [0.3, 0.4) is 0 Å². The first-order valence-corrected chi connectivity index (χ1v) is 8.49. The van der Waals surface area contributed by atoms with Crippen LogP contribution in [0.2, 0.25) is 0 Å². The second-order valence-electron chi connectivity index (χ2n) is 6.66. The quantitative estimate of drug-likeness (QED) is 0.426. The smallest absolute Gasteiger partial charge is 0.335 e. The normalized spacial score (nSPS) is 27.8. The van der Waals surface area contributed by atoms with Crippen molar-refractivity contribution in [2.24, 2.45) is 0 Å². The molecular formula is C19H20O9. The number of fused-ring (bicyclic) bond motifs is 1. The molecular weight excluding hydrogens is 372 g/mol. The van der Waals surface area contributed by atoms with Crippen molar-refractivity contribution in [1.82, 2.24) is 0 Å². The zero-order valence-electron chi connectivity index (χ0n) is 14.9. The molecule has 3 rings (SSSR count). The maximum Gasteiger partial charge on any atom is 0.335 e. The SMILES string of the molecule is COc1cc2ccoc2cc1C=CC(=O)OC1CC(O)(C(=O)O)CC(O)C1O. The van der Waals surface area contributed by atoms with Crippen molar-refractivity contribution in [3.05, 3.63) is 36.1 Å². The molecule has 150 valence electrons. The van der Waals surface area contributed by atoms with E-state index in [9.17, 15) is 24.9 Å². The van der Waals surface area contributed by atoms with Crippen molar-refractivity contribution < 1.29 is 43.9 Å². The third-order valence-electron chi connectivity index (χ3n) is 4.73. The van der Waals surface area contributed by atoms with Gasteiger partial charge in [0.1, 0.15) is 23.5 Å². The van der Waals surface area contributed by atoms with Gasteiger partial charge in [-0.15, -0.1) is 0 Å². The number of carboxylic acid groups (broad SMARTS) is 1. The summed E-state index contributed by atoms with van der Waals surface area (Å²) in [5, 5.41) is 39.8. The molecule has 0 radical (unpaired) electrons. The zero-order chi connectivity index (χ0) is 20.5. The van der Waals surface area contributed by atoms with Gasteiger partial charge in [-0.05, 0) is 24.3 Å². The van der Waals surface area contributed by atoms with Gasteiger partial charge in [0.25, 0.3) is 0 Å². The second kappa shape index (κ2) is 7.63. The van der Waals surface area contributed by atoms with Gasteiger partial charge in [0.15, 0.2) is 5.60 Å². The molecule has 2 aromatic rings. The van der Waals surface area contributed by atoms with Crippen LogP contribution in [0.15, 0.2) is 35.0 Å². The van der Waals surface area contributed by atoms with E-state index in [1.165, 1.54) is 19.4 Å². The third kappa shape index (κ3) is 3.86. The summed E-state index contributed by atoms with van der Waals surface area (Å²) in [6, 6.07) is 5.16. The van der Waals surface area contributed by atoms with Crippen LogP contribution in [0.4, 0.5) is 0 Å². The first-order chi connectivity index (χ1) is 13.2. The first-order valence-electron chi connectivity index (χ1n) is 8.49. The number of rotatable bonds is 5. The van der Waals surface area contributed by atoms with Gasteiger partial charge in [-0.2, -0.15) is 0 Å². The van der Waals surface area contributed by atoms with Crippen molar-refractivity contribution in [2.45, 2.75) is 36.8 Å². The predicted octanol–water partition coefficient (Wildman–Crippen LogP) is 0.698. The fourth-order valence-corrected chi connectivity index (χ4v) is 3.20. The molecule has 0 aliphatic heterocycles. The van der Waals surface area contributed by atoms with Crippen LogP contribution in [0.25, 0.3) is 17.0 Å². The van der Waals surface area contributed by atoms with E-state index in [-0.39, 0.29) is 0 Å². The van der Waals surface area contributed by atoms with Gasteiger partial charge in [-0.1, -0.05) is 0 Å². The van der Waals surface area contributed by atoms with Gasteiger partial charge >= 0.3 is 11.9 Å². The minimum Gasteiger partial charge on any atom is -0.496 e. The van der Waals surface area contributed by atoms with Crippen molar-refractivity contribution in [3.63, 3.8) is 0 Å². The van der Waals surface area contributed by atoms with Crippen molar-refractivity contribution in [2.75, 3.05) is 7.11 Å². The highest BCUT2D eigenvalue weighted by molar-refractivity contribution is 5.90. The Balaban J connectivity index is 1.75. The number of esters is 1. The van der Waals surface area contributed by atoms with Gasteiger partial charge in [0.2, 0.25) is 0 Å². The van der Waals surface area contributed by atoms with Crippen LogP contribution in [0, 0.1) is 0 Å². The number of carbonyl (C=O) groups excluding carboxylic acids is 1. The minimum atomic E-state index is -2.29. The number of methoxy groups -OCH3 is 1. The first kappa shape index (κ1) is 19.9. The molecule has 28 heavy (non-hydrogen) atoms. The van der Waals surface area contributed by atoms with Gasteiger partial charge in [-0.25, -0.2) is 9.59 Å². The predicted molar refractivity (Wildman–Crippen MR) is 95.5 cm³/mol. The van der Waals surface area contributed by atoms with E-state index in [1.807, 2.05) is 0 Å². The molecule has 1 aliphatic carbocycles. The van der Waals surface area contributed by atoms with Crippen LogP contribution >= 0.6 is 0 Å². The Morgan fingerprint density at radius 1 is 1.29 bits per heavy atom. The Morgan fingerprint density at radius 2 is 2.04 bits per heavy atom. The van der Waals surface area contributed by atoms with E-state index in [0.29, 0.717) is 16.9 Å². The molecule has 1 heterocycles. The van der Waals surface area contributed by atoms with E-state index in [2.05, 4.69) is 0 Å². The molecule has 0 saturated heterocycles. The molecule has 9 heteroatoms. The van der Waals surface area contributed by atoms with Crippen molar-refractivity contribution >= 4 is 29.0 Å². The fraction of sp³-hybridized carbons (Fsp3) is 0.368. The van der Waals surface area contributed by atoms with E-state index in [4.69, 9.17) is 19.0 Å². The molecule has 9 nitrogen and oxygen atoms in total. The molecule has 1 aliphatic rings. The second-order valence-corrected chi connectivity index (χ2v) is 6.66. The molecule has 1 fully saturated rings. The highest BCUT2D eigenvalue weighted by atomic mass is 16.6. The lowest BCUT2D eigenvalue weighted by molar-refractivity contribution is -0.196. The van der Waals surface area contributed by atoms with Crippen LogP contribution < -0.4 is 4.74 Å². The number of aliphatic hydroxyl groups is 3. The Labute approximate surface area is 159 Å². The van der Waals surface area contributed by atoms with Gasteiger partial charge in [0, 0.05) is 29.9 Å². The third-order valence-corrected chi connectivity index (χ3v) is 4.73. The highest BCUT2D eigenvalue weighted by Crippen LogP contribution is 2.32. The Bertz CT molecular complexity index is 915. The zero-order valence-corrected chi connectivity index (χ0v) is 14.9. The van der Waals surface area contributed by atoms with Crippen LogP contribution in [0.5, 0.6) is 5.75 Å². The highest BCUT2D eigenvalue weighted by Gasteiger charge is 2.50. The summed E-state index contributed by atoms with van der Waals surface area (Å²) in [6.07, 6.45) is -1.53. The topological polar surface area (TPSA) is 147 Å². The fourth-order valence-electron chi connectivity index (χ4n) is 3.20. The van der Waals surface area contributed by atoms with Crippen molar-refractivity contribution in [3.8, 4) is 5.75 Å². The number of hydrogen-bond donors (Lipinski definition) is 4. The molecule has 0 spiro atoms. The summed E-state index contributed by atoms with van der Waals surface area (Å²) < 4.78 is 15.6. The molecule has 4 N–H and O–H groups in total. The van der Waals surface area contributed by atoms with E-state index < -0.39 is 48.7 Å². The van der Waals surface area contributed by atoms with Gasteiger partial charge in [-0.3, -0.25) is 0 Å². The minimum absolute atomic E-state index is 0.492. The number of benzene rings is 1. The van der Waals surface area contributed by atoms with Crippen molar-refractivity contribution in [1.29, 1.82) is 0 Å². The largest absolute Gasteiger partial charge is 0.496 e. The van der Waals surface area contributed by atoms with Gasteiger partial charge < -0.3 is 34.3 Å². The average molecular weight is 392 g/mol. The maximum atomic E-state index is 12.1. The van der Waals surface area contributed by atoms with E-state index in [0.717, 1.165) is 11.5 Å². The van der Waals surface area contributed by atoms with Crippen LogP contribution in [-0.2, 0) is 14.3 Å². The standard InChI is InChI=1S/C19H20O9/c1-26-13-6-11-4-5-27-14(11)7-10(13)2-3-16(21)28-15-9-19(25,18(23)24)8-12(20)17(15)22/h2-7,12,15,17,20,22,25H,8-9H2,1H3,(H,23,24). The number of ether oxygens (including phenoxy) is 2. The monoisotopic (exact) mass is 392 g/mol. The summed E-state index contributed by atoms with van der Waals surface area (Å²) in [4.78, 5) is 23.3. The van der Waals surface area contributed by atoms with Gasteiger partial charge in [0.05, 0.1) is 19.5 Å². The summed E-state index contributed by atoms with van der Waals surface area (Å²) in [6.45, 7) is 0. The van der Waals surface area contributed by atoms with E-state index in [1.54, 1.807) is 18.2 Å². The number of carbonyl (C=O) groups is 2. The Kier molecular flexibility index (Phi) is 5.41. The Hall–Kier alpha value is -2.88. The molecule has 0 amide bonds. The summed E-state index contributed by atoms with van der Waals surface area (Å²) >= 11 is 0. The Morgan fingerprint density at radius 3 is 2.71 bits per heavy atom. The van der Waals surface area contributed by atoms with Crippen LogP contribution in [-0.4, -0.2) is 63.4 Å². The molecule has 0 bridgehead atoms. The average Bonchev–Trinajstić information content (AvgIpc) is 3.10. The number of hydrogen-bond acceptors (Lipinski definition) is 8. The lowest BCUT2D eigenvalue weighted by Gasteiger charge is -2.39.